The molecule has 0 saturated carbocycles. The lowest BCUT2D eigenvalue weighted by atomic mass is 9.53. The van der Waals surface area contributed by atoms with E-state index in [-0.39, 0.29) is 6.79 Å². The van der Waals surface area contributed by atoms with Crippen LogP contribution in [0.1, 0.15) is 24.2 Å². The van der Waals surface area contributed by atoms with Crippen molar-refractivity contribution in [1.29, 1.82) is 21.2 Å². The van der Waals surface area contributed by atoms with Gasteiger partial charge in [-0.3, -0.25) is 5.41 Å². The molecule has 0 radical (unpaired) electrons. The Morgan fingerprint density at radius 1 is 1.00 bits per heavy atom. The molecule has 9 heteroatoms. The lowest BCUT2D eigenvalue weighted by molar-refractivity contribution is -0.288. The molecule has 0 aromatic heterocycles. The molecular formula is C24H18N4O5. The van der Waals surface area contributed by atoms with Gasteiger partial charge in [-0.2, -0.15) is 15.8 Å². The zero-order chi connectivity index (χ0) is 23.4. The molecule has 9 nitrogen and oxygen atoms in total. The Balaban J connectivity index is 1.76. The van der Waals surface area contributed by atoms with Crippen molar-refractivity contribution in [3.63, 3.8) is 0 Å². The molecule has 2 fully saturated rings. The summed E-state index contributed by atoms with van der Waals surface area (Å²) in [6, 6.07) is 18.0. The topological polar surface area (TPSA) is 141 Å². The third-order valence-corrected chi connectivity index (χ3v) is 6.86. The summed E-state index contributed by atoms with van der Waals surface area (Å²) in [6.07, 6.45) is -1.22. The second-order valence-electron chi connectivity index (χ2n) is 8.11. The predicted octanol–water partition coefficient (Wildman–Crippen LogP) is 3.54. The predicted molar refractivity (Wildman–Crippen MR) is 111 cm³/mol. The van der Waals surface area contributed by atoms with Gasteiger partial charge in [0.15, 0.2) is 16.9 Å². The van der Waals surface area contributed by atoms with Gasteiger partial charge in [-0.15, -0.1) is 0 Å². The van der Waals surface area contributed by atoms with Gasteiger partial charge in [-0.05, 0) is 42.0 Å². The lowest BCUT2D eigenvalue weighted by Crippen LogP contribution is -2.57. The summed E-state index contributed by atoms with van der Waals surface area (Å²) < 4.78 is 28.5. The third-order valence-electron chi connectivity index (χ3n) is 6.86. The number of nitrogens with one attached hydrogen (secondary N) is 1. The van der Waals surface area contributed by atoms with E-state index in [1.165, 1.54) is 0 Å². The summed E-state index contributed by atoms with van der Waals surface area (Å²) in [4.78, 5) is 0. The molecule has 0 spiro atoms. The fraction of sp³-hybridized carbons (Fsp3) is 0.333. The van der Waals surface area contributed by atoms with Crippen molar-refractivity contribution >= 4 is 5.90 Å². The maximum Gasteiger partial charge on any atom is 0.244 e. The summed E-state index contributed by atoms with van der Waals surface area (Å²) in [5.41, 5.74) is -2.97. The highest BCUT2D eigenvalue weighted by Gasteiger charge is 2.79. The second-order valence-corrected chi connectivity index (χ2v) is 8.11. The van der Waals surface area contributed by atoms with Crippen molar-refractivity contribution in [3.8, 4) is 35.5 Å². The minimum Gasteiger partial charge on any atom is -0.497 e. The van der Waals surface area contributed by atoms with Gasteiger partial charge in [-0.25, -0.2) is 0 Å². The molecule has 2 bridgehead atoms. The molecule has 3 aliphatic rings. The Kier molecular flexibility index (Phi) is 4.29. The molecule has 1 N–H and O–H groups in total. The molecule has 2 aromatic carbocycles. The van der Waals surface area contributed by atoms with Crippen molar-refractivity contribution in [3.05, 3.63) is 53.6 Å². The highest BCUT2D eigenvalue weighted by atomic mass is 16.7. The van der Waals surface area contributed by atoms with Crippen LogP contribution < -0.4 is 14.2 Å². The minimum absolute atomic E-state index is 0.0503. The smallest absolute Gasteiger partial charge is 0.244 e. The van der Waals surface area contributed by atoms with Gasteiger partial charge in [0.1, 0.15) is 11.9 Å². The van der Waals surface area contributed by atoms with E-state index in [9.17, 15) is 15.8 Å². The van der Waals surface area contributed by atoms with Crippen molar-refractivity contribution in [2.75, 3.05) is 13.9 Å². The molecule has 33 heavy (non-hydrogen) atoms. The first kappa shape index (κ1) is 20.6. The van der Waals surface area contributed by atoms with Crippen LogP contribution in [0.4, 0.5) is 0 Å². The molecule has 3 aliphatic heterocycles. The highest BCUT2D eigenvalue weighted by Crippen LogP contribution is 2.69. The quantitative estimate of drug-likeness (QED) is 0.761. The van der Waals surface area contributed by atoms with Crippen LogP contribution in [-0.4, -0.2) is 19.8 Å². The van der Waals surface area contributed by atoms with Crippen LogP contribution in [0, 0.1) is 56.2 Å². The van der Waals surface area contributed by atoms with Crippen LogP contribution in [-0.2, 0) is 15.3 Å². The highest BCUT2D eigenvalue weighted by molar-refractivity contribution is 5.89. The van der Waals surface area contributed by atoms with E-state index in [0.717, 1.165) is 0 Å². The zero-order valence-corrected chi connectivity index (χ0v) is 17.8. The van der Waals surface area contributed by atoms with Crippen molar-refractivity contribution in [2.45, 2.75) is 18.8 Å². The first-order chi connectivity index (χ1) is 15.9. The van der Waals surface area contributed by atoms with E-state index < -0.39 is 34.5 Å². The second kappa shape index (κ2) is 6.87. The number of hydrogen-bond acceptors (Lipinski definition) is 9. The van der Waals surface area contributed by atoms with Gasteiger partial charge in [0.05, 0.1) is 31.2 Å². The minimum atomic E-state index is -2.06. The number of nitrogens with zero attached hydrogens (tertiary/aromatic N) is 3. The first-order valence-electron chi connectivity index (χ1n) is 10.2. The Morgan fingerprint density at radius 2 is 1.70 bits per heavy atom. The van der Waals surface area contributed by atoms with Crippen molar-refractivity contribution in [1.82, 2.24) is 0 Å². The fourth-order valence-electron chi connectivity index (χ4n) is 5.07. The van der Waals surface area contributed by atoms with E-state index in [1.807, 2.05) is 12.1 Å². The molecule has 4 atom stereocenters. The Morgan fingerprint density at radius 3 is 2.33 bits per heavy atom. The average Bonchev–Trinajstić information content (AvgIpc) is 3.38. The van der Waals surface area contributed by atoms with E-state index in [4.69, 9.17) is 29.1 Å². The lowest BCUT2D eigenvalue weighted by Gasteiger charge is -2.48. The van der Waals surface area contributed by atoms with Crippen LogP contribution in [0.15, 0.2) is 42.5 Å². The van der Waals surface area contributed by atoms with Gasteiger partial charge in [0.25, 0.3) is 0 Å². The van der Waals surface area contributed by atoms with Crippen molar-refractivity contribution < 1.29 is 23.7 Å². The third kappa shape index (κ3) is 2.33. The standard InChI is InChI=1S/C24H18N4O5/c1-14-23(12-27)21(28)33-24(14,16-4-6-17(29-2)7-5-16)32-20(22(23,10-25)11-26)15-3-8-18-19(9-15)31-13-30-18/h3-9,14,20,28H,13H2,1-2H3. The summed E-state index contributed by atoms with van der Waals surface area (Å²) in [6.45, 7) is 1.71. The van der Waals surface area contributed by atoms with E-state index in [0.29, 0.717) is 28.4 Å². The normalized spacial score (nSPS) is 30.5. The van der Waals surface area contributed by atoms with E-state index >= 15 is 0 Å². The summed E-state index contributed by atoms with van der Waals surface area (Å²) >= 11 is 0. The Labute approximate surface area is 189 Å². The SMILES string of the molecule is COc1ccc(C23OC(=N)C(C#N)(C2C)C(C#N)(C#N)C(c2ccc4c(c2)OCO4)O3)cc1. The van der Waals surface area contributed by atoms with Crippen LogP contribution >= 0.6 is 0 Å². The monoisotopic (exact) mass is 442 g/mol. The molecule has 164 valence electrons. The zero-order valence-electron chi connectivity index (χ0n) is 17.8. The number of rotatable bonds is 3. The number of ether oxygens (including phenoxy) is 5. The average molecular weight is 442 g/mol. The van der Waals surface area contributed by atoms with Gasteiger partial charge >= 0.3 is 0 Å². The number of benzene rings is 2. The van der Waals surface area contributed by atoms with Crippen LogP contribution in [0.3, 0.4) is 0 Å². The molecule has 2 aromatic rings. The maximum atomic E-state index is 10.4. The van der Waals surface area contributed by atoms with Gasteiger partial charge in [0, 0.05) is 5.56 Å². The number of methoxy groups -OCH3 is 1. The maximum absolute atomic E-state index is 10.4. The van der Waals surface area contributed by atoms with Crippen molar-refractivity contribution in [2.24, 2.45) is 16.7 Å². The Hall–Kier alpha value is -4.26. The summed E-state index contributed by atoms with van der Waals surface area (Å²) in [5.74, 6) is -1.33. The molecule has 0 amide bonds. The van der Waals surface area contributed by atoms with E-state index in [1.54, 1.807) is 56.5 Å². The number of hydrogen-bond donors (Lipinski definition) is 1. The molecule has 4 unspecified atom stereocenters. The van der Waals surface area contributed by atoms with E-state index in [2.05, 4.69) is 6.07 Å². The fourth-order valence-corrected chi connectivity index (χ4v) is 5.07. The number of fused-ring (bicyclic) bond motifs is 3. The van der Waals surface area contributed by atoms with Gasteiger partial charge in [-0.1, -0.05) is 13.0 Å². The molecule has 2 saturated heterocycles. The van der Waals surface area contributed by atoms with Crippen LogP contribution in [0.2, 0.25) is 0 Å². The molecule has 3 heterocycles. The first-order valence-corrected chi connectivity index (χ1v) is 10.2. The van der Waals surface area contributed by atoms with Gasteiger partial charge in [0.2, 0.25) is 23.9 Å². The van der Waals surface area contributed by atoms with Crippen LogP contribution in [0.5, 0.6) is 17.2 Å². The summed E-state index contributed by atoms with van der Waals surface area (Å²) in [5, 5.41) is 39.7. The van der Waals surface area contributed by atoms with Crippen LogP contribution in [0.25, 0.3) is 0 Å². The molecule has 5 rings (SSSR count). The largest absolute Gasteiger partial charge is 0.497 e. The molecule has 0 aliphatic carbocycles. The number of nitriles is 3. The van der Waals surface area contributed by atoms with Gasteiger partial charge < -0.3 is 23.7 Å². The Bertz CT molecular complexity index is 1270. The summed E-state index contributed by atoms with van der Waals surface area (Å²) in [7, 11) is 1.54. The molecular weight excluding hydrogens is 424 g/mol.